The van der Waals surface area contributed by atoms with Gasteiger partial charge in [-0.1, -0.05) is 23.5 Å². The molecule has 1 aliphatic heterocycles. The quantitative estimate of drug-likeness (QED) is 0.342. The first-order chi connectivity index (χ1) is 19.2. The summed E-state index contributed by atoms with van der Waals surface area (Å²) in [6, 6.07) is 8.96. The topological polar surface area (TPSA) is 86.8 Å². The van der Waals surface area contributed by atoms with Crippen LogP contribution >= 0.6 is 11.3 Å². The molecule has 0 saturated carbocycles. The second kappa shape index (κ2) is 12.2. The van der Waals surface area contributed by atoms with Gasteiger partial charge in [0.1, 0.15) is 5.60 Å². The van der Waals surface area contributed by atoms with Gasteiger partial charge in [-0.05, 0) is 75.7 Å². The minimum absolute atomic E-state index is 0.0632. The summed E-state index contributed by atoms with van der Waals surface area (Å²) in [7, 11) is 1.99. The number of hydrogen-bond acceptors (Lipinski definition) is 7. The van der Waals surface area contributed by atoms with Crippen molar-refractivity contribution in [1.29, 1.82) is 0 Å². The Morgan fingerprint density at radius 2 is 1.73 bits per heavy atom. The molecule has 2 aromatic carbocycles. The summed E-state index contributed by atoms with van der Waals surface area (Å²) in [6.07, 6.45) is -3.61. The molecule has 0 aliphatic carbocycles. The zero-order chi connectivity index (χ0) is 29.9. The zero-order valence-electron chi connectivity index (χ0n) is 23.7. The molecule has 1 fully saturated rings. The highest BCUT2D eigenvalue weighted by atomic mass is 32.1. The Balaban J connectivity index is 1.50. The number of ether oxygens (including phenoxy) is 1. The highest BCUT2D eigenvalue weighted by molar-refractivity contribution is 7.19. The van der Waals surface area contributed by atoms with Gasteiger partial charge in [0.2, 0.25) is 0 Å². The number of aromatic nitrogens is 1. The van der Waals surface area contributed by atoms with Crippen LogP contribution in [-0.4, -0.2) is 65.6 Å². The molecule has 1 saturated heterocycles. The van der Waals surface area contributed by atoms with E-state index in [-0.39, 0.29) is 23.4 Å². The third-order valence-corrected chi connectivity index (χ3v) is 7.49. The summed E-state index contributed by atoms with van der Waals surface area (Å²) in [5.74, 6) is -0.539. The highest BCUT2D eigenvalue weighted by Gasteiger charge is 2.34. The Hall–Kier alpha value is -3.48. The van der Waals surface area contributed by atoms with E-state index >= 15 is 0 Å². The maximum atomic E-state index is 14.0. The third-order valence-electron chi connectivity index (χ3n) is 6.54. The van der Waals surface area contributed by atoms with Gasteiger partial charge < -0.3 is 15.0 Å². The second-order valence-electron chi connectivity index (χ2n) is 11.1. The molecular weight excluding hydrogens is 555 g/mol. The lowest BCUT2D eigenvalue weighted by atomic mass is 10.0. The Morgan fingerprint density at radius 3 is 2.39 bits per heavy atom. The molecule has 0 radical (unpaired) electrons. The van der Waals surface area contributed by atoms with Crippen LogP contribution in [-0.2, 0) is 17.5 Å². The van der Waals surface area contributed by atoms with E-state index < -0.39 is 29.3 Å². The number of likely N-dealkylation sites (N-methyl/N-ethyl adjacent to an activating group) is 1. The van der Waals surface area contributed by atoms with E-state index in [0.29, 0.717) is 28.7 Å². The molecule has 3 aromatic rings. The van der Waals surface area contributed by atoms with Gasteiger partial charge in [0.05, 0.1) is 10.4 Å². The maximum Gasteiger partial charge on any atom is 0.416 e. The van der Waals surface area contributed by atoms with E-state index in [1.807, 2.05) is 18.9 Å². The van der Waals surface area contributed by atoms with Crippen LogP contribution in [0.5, 0.6) is 0 Å². The second-order valence-corrected chi connectivity index (χ2v) is 12.1. The maximum absolute atomic E-state index is 14.0. The predicted octanol–water partition coefficient (Wildman–Crippen LogP) is 6.48. The summed E-state index contributed by atoms with van der Waals surface area (Å²) in [5, 5.41) is 5.54. The van der Waals surface area contributed by atoms with Crippen molar-refractivity contribution >= 4 is 34.2 Å². The van der Waals surface area contributed by atoms with Gasteiger partial charge in [-0.25, -0.2) is 9.78 Å². The number of nitrogens with one attached hydrogen (secondary N) is 2. The predicted molar refractivity (Wildman–Crippen MR) is 154 cm³/mol. The number of alkyl halides is 3. The van der Waals surface area contributed by atoms with Gasteiger partial charge in [0.25, 0.3) is 5.91 Å². The largest absolute Gasteiger partial charge is 0.444 e. The van der Waals surface area contributed by atoms with Crippen molar-refractivity contribution in [2.75, 3.05) is 43.9 Å². The smallest absolute Gasteiger partial charge is 0.416 e. The highest BCUT2D eigenvalue weighted by Crippen LogP contribution is 2.35. The van der Waals surface area contributed by atoms with E-state index in [1.165, 1.54) is 23.5 Å². The van der Waals surface area contributed by atoms with Gasteiger partial charge >= 0.3 is 12.3 Å². The molecule has 0 bridgehead atoms. The number of aryl methyl sites for hydroxylation is 1. The van der Waals surface area contributed by atoms with Crippen LogP contribution in [0.15, 0.2) is 42.6 Å². The first-order valence-electron chi connectivity index (χ1n) is 13.2. The number of carbonyl (C=O) groups is 2. The molecule has 1 aromatic heterocycles. The Kier molecular flexibility index (Phi) is 9.05. The lowest BCUT2D eigenvalue weighted by Gasteiger charge is -2.33. The van der Waals surface area contributed by atoms with Gasteiger partial charge in [0.15, 0.2) is 5.13 Å². The average Bonchev–Trinajstić information content (AvgIpc) is 3.32. The first-order valence-corrected chi connectivity index (χ1v) is 14.0. The van der Waals surface area contributed by atoms with Crippen molar-refractivity contribution in [2.24, 2.45) is 0 Å². The number of anilines is 2. The molecule has 12 heteroatoms. The molecule has 2 N–H and O–H groups in total. The summed E-state index contributed by atoms with van der Waals surface area (Å²) in [5.41, 5.74) is 0.678. The fraction of sp³-hybridized carbons (Fsp3) is 0.414. The van der Waals surface area contributed by atoms with Crippen molar-refractivity contribution in [1.82, 2.24) is 14.8 Å². The zero-order valence-corrected chi connectivity index (χ0v) is 24.5. The van der Waals surface area contributed by atoms with Crippen LogP contribution in [0, 0.1) is 6.92 Å². The summed E-state index contributed by atoms with van der Waals surface area (Å²) in [6.45, 7) is 10.3. The fourth-order valence-corrected chi connectivity index (χ4v) is 5.27. The fourth-order valence-electron chi connectivity index (χ4n) is 4.38. The Labute approximate surface area is 241 Å². The van der Waals surface area contributed by atoms with Crippen LogP contribution in [0.2, 0.25) is 0 Å². The summed E-state index contributed by atoms with van der Waals surface area (Å²) in [4.78, 5) is 34.3. The minimum atomic E-state index is -4.56. The molecule has 41 heavy (non-hydrogen) atoms. The molecule has 4 rings (SSSR count). The molecule has 0 spiro atoms. The van der Waals surface area contributed by atoms with E-state index in [1.54, 1.807) is 45.2 Å². The molecule has 8 nitrogen and oxygen atoms in total. The standard InChI is InChI=1S/C29H34F3N5O3S/c1-18-6-7-19(14-22(18)24-16-33-26(41-24)35-27(39)40-28(2,3)4)25(38)34-21-9-8-20(23(15-21)29(30,31)32)17-37-12-10-36(5)11-13-37/h6-9,14-16H,10-13,17H2,1-5H3,(H,34,38)(H,33,35,39). The van der Waals surface area contributed by atoms with Crippen molar-refractivity contribution < 1.29 is 27.5 Å². The van der Waals surface area contributed by atoms with Gasteiger partial charge in [-0.15, -0.1) is 0 Å². The van der Waals surface area contributed by atoms with Crippen LogP contribution in [0.4, 0.5) is 28.8 Å². The number of benzene rings is 2. The van der Waals surface area contributed by atoms with Crippen LogP contribution in [0.25, 0.3) is 10.4 Å². The number of halogens is 3. The lowest BCUT2D eigenvalue weighted by Crippen LogP contribution is -2.44. The SMILES string of the molecule is Cc1ccc(C(=O)Nc2ccc(CN3CCN(C)CC3)c(C(F)(F)F)c2)cc1-c1cnc(NC(=O)OC(C)(C)C)s1. The monoisotopic (exact) mass is 589 g/mol. The number of amides is 2. The van der Waals surface area contributed by atoms with Crippen molar-refractivity contribution in [3.05, 3.63) is 64.8 Å². The van der Waals surface area contributed by atoms with E-state index in [0.717, 1.165) is 24.7 Å². The Bertz CT molecular complexity index is 1410. The molecule has 220 valence electrons. The molecule has 0 unspecified atom stereocenters. The molecule has 0 atom stereocenters. The van der Waals surface area contributed by atoms with Crippen molar-refractivity contribution in [3.63, 3.8) is 0 Å². The number of piperazine rings is 1. The number of thiazole rings is 1. The van der Waals surface area contributed by atoms with Crippen LogP contribution in [0.1, 0.15) is 47.8 Å². The molecule has 2 heterocycles. The number of nitrogens with zero attached hydrogens (tertiary/aromatic N) is 3. The summed E-state index contributed by atoms with van der Waals surface area (Å²) < 4.78 is 47.2. The number of carbonyl (C=O) groups excluding carboxylic acids is 2. The normalized spacial score (nSPS) is 15.0. The van der Waals surface area contributed by atoms with Gasteiger partial charge in [0, 0.05) is 50.2 Å². The van der Waals surface area contributed by atoms with Gasteiger partial charge in [-0.2, -0.15) is 13.2 Å². The van der Waals surface area contributed by atoms with Gasteiger partial charge in [-0.3, -0.25) is 15.0 Å². The molecule has 2 amide bonds. The lowest BCUT2D eigenvalue weighted by molar-refractivity contribution is -0.138. The van der Waals surface area contributed by atoms with Crippen LogP contribution in [0.3, 0.4) is 0 Å². The summed E-state index contributed by atoms with van der Waals surface area (Å²) >= 11 is 1.21. The first kappa shape index (κ1) is 30.5. The van der Waals surface area contributed by atoms with Crippen LogP contribution < -0.4 is 10.6 Å². The van der Waals surface area contributed by atoms with Crippen molar-refractivity contribution in [3.8, 4) is 10.4 Å². The third kappa shape index (κ3) is 8.27. The molecular formula is C29H34F3N5O3S. The number of hydrogen-bond donors (Lipinski definition) is 2. The average molecular weight is 590 g/mol. The Morgan fingerprint density at radius 1 is 1.02 bits per heavy atom. The van der Waals surface area contributed by atoms with Crippen molar-refractivity contribution in [2.45, 2.75) is 46.0 Å². The van der Waals surface area contributed by atoms with E-state index in [4.69, 9.17) is 4.74 Å². The molecule has 1 aliphatic rings. The minimum Gasteiger partial charge on any atom is -0.444 e. The number of rotatable bonds is 6. The van der Waals surface area contributed by atoms with E-state index in [9.17, 15) is 22.8 Å². The van der Waals surface area contributed by atoms with E-state index in [2.05, 4.69) is 20.5 Å².